The summed E-state index contributed by atoms with van der Waals surface area (Å²) in [5.41, 5.74) is 1.21. The molecule has 2 saturated heterocycles. The first-order valence-electron chi connectivity index (χ1n) is 10.8. The molecule has 0 saturated carbocycles. The Morgan fingerprint density at radius 3 is 2.61 bits per heavy atom. The second-order valence-corrected chi connectivity index (χ2v) is 8.78. The first kappa shape index (κ1) is 21.7. The molecular formula is C25H21ClFNO5. The number of likely N-dealkylation sites (tertiary alicyclic amines) is 1. The largest absolute Gasteiger partial charge is 0.484 e. The molecule has 2 bridgehead atoms. The summed E-state index contributed by atoms with van der Waals surface area (Å²) in [6.07, 6.45) is 1.69. The number of ether oxygens (including phenoxy) is 2. The van der Waals surface area contributed by atoms with Crippen molar-refractivity contribution >= 4 is 28.5 Å². The summed E-state index contributed by atoms with van der Waals surface area (Å²) >= 11 is 6.22. The van der Waals surface area contributed by atoms with Gasteiger partial charge in [0.15, 0.2) is 0 Å². The standard InChI is InChI=1S/C25H21ClFNO5/c1-14(23(13-29)28-11-17-3-4-18(12-28)32-17)31-16-5-7-20-21(10-25(30)33-24(20)9-16)19-6-2-15(27)8-22(19)26/h2,5-10,14,17-18H,3-4,11-12H2,1H3/t14-,17?,18?/m1/s1. The Hall–Kier alpha value is -3.12. The van der Waals surface area contributed by atoms with Crippen LogP contribution < -0.4 is 10.4 Å². The minimum Gasteiger partial charge on any atom is -0.484 e. The van der Waals surface area contributed by atoms with Crippen LogP contribution in [0.5, 0.6) is 5.75 Å². The number of rotatable bonds is 5. The maximum atomic E-state index is 13.5. The molecular weight excluding hydrogens is 449 g/mol. The van der Waals surface area contributed by atoms with Gasteiger partial charge in [0.1, 0.15) is 34.9 Å². The van der Waals surface area contributed by atoms with E-state index in [1.165, 1.54) is 24.3 Å². The Balaban J connectivity index is 1.44. The van der Waals surface area contributed by atoms with Crippen molar-refractivity contribution in [1.82, 2.24) is 4.90 Å². The predicted molar refractivity (Wildman–Crippen MR) is 122 cm³/mol. The summed E-state index contributed by atoms with van der Waals surface area (Å²) in [5.74, 6) is 2.01. The third-order valence-corrected chi connectivity index (χ3v) is 6.44. The van der Waals surface area contributed by atoms with E-state index in [0.29, 0.717) is 46.6 Å². The molecule has 3 atom stereocenters. The maximum absolute atomic E-state index is 13.5. The van der Waals surface area contributed by atoms with Crippen molar-refractivity contribution < 1.29 is 23.1 Å². The van der Waals surface area contributed by atoms with Crippen molar-refractivity contribution in [2.45, 2.75) is 38.1 Å². The van der Waals surface area contributed by atoms with Gasteiger partial charge >= 0.3 is 5.63 Å². The summed E-state index contributed by atoms with van der Waals surface area (Å²) in [5, 5.41) is 0.815. The van der Waals surface area contributed by atoms with Gasteiger partial charge in [0.2, 0.25) is 0 Å². The van der Waals surface area contributed by atoms with E-state index in [1.54, 1.807) is 25.1 Å². The molecule has 6 nitrogen and oxygen atoms in total. The Morgan fingerprint density at radius 1 is 1.15 bits per heavy atom. The van der Waals surface area contributed by atoms with E-state index in [4.69, 9.17) is 25.5 Å². The zero-order chi connectivity index (χ0) is 23.1. The minimum absolute atomic E-state index is 0.131. The molecule has 2 aliphatic heterocycles. The third-order valence-electron chi connectivity index (χ3n) is 6.12. The molecule has 2 aromatic carbocycles. The van der Waals surface area contributed by atoms with Gasteiger partial charge in [-0.1, -0.05) is 11.6 Å². The molecule has 0 spiro atoms. The van der Waals surface area contributed by atoms with Crippen LogP contribution in [0.2, 0.25) is 5.02 Å². The molecule has 3 aromatic rings. The molecule has 0 amide bonds. The molecule has 0 radical (unpaired) electrons. The van der Waals surface area contributed by atoms with E-state index in [1.807, 2.05) is 10.8 Å². The summed E-state index contributed by atoms with van der Waals surface area (Å²) in [6, 6.07) is 10.4. The molecule has 2 aliphatic rings. The highest BCUT2D eigenvalue weighted by molar-refractivity contribution is 6.33. The fourth-order valence-corrected chi connectivity index (χ4v) is 4.89. The van der Waals surface area contributed by atoms with Crippen molar-refractivity contribution in [3.05, 3.63) is 69.4 Å². The average Bonchev–Trinajstić information content (AvgIpc) is 3.11. The molecule has 33 heavy (non-hydrogen) atoms. The van der Waals surface area contributed by atoms with Crippen LogP contribution in [0.3, 0.4) is 0 Å². The second kappa shape index (κ2) is 8.67. The zero-order valence-electron chi connectivity index (χ0n) is 17.8. The smallest absolute Gasteiger partial charge is 0.336 e. The van der Waals surface area contributed by atoms with Crippen LogP contribution in [-0.4, -0.2) is 42.2 Å². The Bertz CT molecular complexity index is 1320. The normalized spacial score (nSPS) is 20.5. The van der Waals surface area contributed by atoms with Crippen molar-refractivity contribution in [3.63, 3.8) is 0 Å². The molecule has 170 valence electrons. The number of carbonyl (C=O) groups excluding carboxylic acids is 1. The molecule has 8 heteroatoms. The van der Waals surface area contributed by atoms with Crippen LogP contribution in [0.15, 0.2) is 57.4 Å². The fraction of sp³-hybridized carbons (Fsp3) is 0.320. The molecule has 0 aliphatic carbocycles. The SMILES string of the molecule is C[C@@H](Oc1ccc2c(-c3ccc(F)cc3Cl)cc(=O)oc2c1)C(=C=O)N1CC2CCC(C1)O2. The summed E-state index contributed by atoms with van der Waals surface area (Å²) in [4.78, 5) is 26.0. The average molecular weight is 470 g/mol. The van der Waals surface area contributed by atoms with E-state index in [0.717, 1.165) is 12.8 Å². The molecule has 0 N–H and O–H groups in total. The fourth-order valence-electron chi connectivity index (χ4n) is 4.62. The molecule has 2 fully saturated rings. The number of nitrogens with zero attached hydrogens (tertiary/aromatic N) is 1. The highest BCUT2D eigenvalue weighted by Gasteiger charge is 2.36. The van der Waals surface area contributed by atoms with Crippen LogP contribution in [0.4, 0.5) is 4.39 Å². The lowest BCUT2D eigenvalue weighted by molar-refractivity contribution is -0.0313. The van der Waals surface area contributed by atoms with Crippen molar-refractivity contribution in [3.8, 4) is 16.9 Å². The predicted octanol–water partition coefficient (Wildman–Crippen LogP) is 4.60. The number of halogens is 2. The molecule has 5 rings (SSSR count). The summed E-state index contributed by atoms with van der Waals surface area (Å²) in [7, 11) is 0. The van der Waals surface area contributed by atoms with Gasteiger partial charge in [-0.15, -0.1) is 0 Å². The van der Waals surface area contributed by atoms with Crippen LogP contribution in [0, 0.1) is 5.82 Å². The highest BCUT2D eigenvalue weighted by Crippen LogP contribution is 2.35. The lowest BCUT2D eigenvalue weighted by atomic mass is 10.0. The van der Waals surface area contributed by atoms with Crippen LogP contribution in [-0.2, 0) is 9.53 Å². The topological polar surface area (TPSA) is 69.0 Å². The van der Waals surface area contributed by atoms with E-state index >= 15 is 0 Å². The first-order valence-corrected chi connectivity index (χ1v) is 11.1. The number of hydrogen-bond donors (Lipinski definition) is 0. The first-order chi connectivity index (χ1) is 15.9. The van der Waals surface area contributed by atoms with Crippen molar-refractivity contribution in [2.75, 3.05) is 13.1 Å². The Kier molecular flexibility index (Phi) is 5.71. The minimum atomic E-state index is -0.569. The maximum Gasteiger partial charge on any atom is 0.336 e. The van der Waals surface area contributed by atoms with Gasteiger partial charge in [-0.2, -0.15) is 0 Å². The quantitative estimate of drug-likeness (QED) is 0.402. The monoisotopic (exact) mass is 469 g/mol. The Labute approximate surface area is 194 Å². The number of benzene rings is 2. The lowest BCUT2D eigenvalue weighted by Gasteiger charge is -2.35. The molecule has 1 aromatic heterocycles. The van der Waals surface area contributed by atoms with Gasteiger partial charge < -0.3 is 18.8 Å². The van der Waals surface area contributed by atoms with Gasteiger partial charge in [-0.3, -0.25) is 0 Å². The van der Waals surface area contributed by atoms with Crippen LogP contribution in [0.25, 0.3) is 22.1 Å². The summed E-state index contributed by atoms with van der Waals surface area (Å²) < 4.78 is 30.7. The zero-order valence-corrected chi connectivity index (χ0v) is 18.6. The van der Waals surface area contributed by atoms with Gasteiger partial charge in [0, 0.05) is 41.7 Å². The second-order valence-electron chi connectivity index (χ2n) is 8.37. The Morgan fingerprint density at radius 2 is 1.91 bits per heavy atom. The van der Waals surface area contributed by atoms with Crippen LogP contribution >= 0.6 is 11.6 Å². The summed E-state index contributed by atoms with van der Waals surface area (Å²) in [6.45, 7) is 3.07. The van der Waals surface area contributed by atoms with Crippen molar-refractivity contribution in [1.29, 1.82) is 0 Å². The van der Waals surface area contributed by atoms with Crippen molar-refractivity contribution in [2.24, 2.45) is 0 Å². The third kappa shape index (κ3) is 4.27. The van der Waals surface area contributed by atoms with E-state index < -0.39 is 17.5 Å². The van der Waals surface area contributed by atoms with Crippen LogP contribution in [0.1, 0.15) is 19.8 Å². The van der Waals surface area contributed by atoms with E-state index in [9.17, 15) is 14.0 Å². The van der Waals surface area contributed by atoms with Gasteiger partial charge in [-0.25, -0.2) is 14.0 Å². The van der Waals surface area contributed by atoms with Gasteiger partial charge in [-0.05, 0) is 50.1 Å². The van der Waals surface area contributed by atoms with E-state index in [2.05, 4.69) is 0 Å². The number of morpholine rings is 1. The van der Waals surface area contributed by atoms with Gasteiger partial charge in [0.05, 0.1) is 17.2 Å². The van der Waals surface area contributed by atoms with E-state index in [-0.39, 0.29) is 17.2 Å². The molecule has 3 heterocycles. The number of hydrogen-bond acceptors (Lipinski definition) is 6. The highest BCUT2D eigenvalue weighted by atomic mass is 35.5. The lowest BCUT2D eigenvalue weighted by Crippen LogP contribution is -2.45. The molecule has 2 unspecified atom stereocenters. The van der Waals surface area contributed by atoms with Gasteiger partial charge in [0.25, 0.3) is 0 Å². The number of fused-ring (bicyclic) bond motifs is 3.